The third-order valence-corrected chi connectivity index (χ3v) is 5.05. The van der Waals surface area contributed by atoms with Gasteiger partial charge in [0.1, 0.15) is 5.75 Å². The maximum Gasteiger partial charge on any atom is 0.276 e. The van der Waals surface area contributed by atoms with Crippen LogP contribution in [-0.2, 0) is 13.0 Å². The molecule has 1 aromatic carbocycles. The molecule has 0 aliphatic carbocycles. The molecule has 0 unspecified atom stereocenters. The van der Waals surface area contributed by atoms with Gasteiger partial charge in [0.05, 0.1) is 11.2 Å². The molecule has 7 heteroatoms. The Kier molecular flexibility index (Phi) is 5.30. The maximum atomic E-state index is 5.63. The monoisotopic (exact) mass is 347 g/mol. The Morgan fingerprint density at radius 1 is 1.17 bits per heavy atom. The van der Waals surface area contributed by atoms with Gasteiger partial charge in [-0.3, -0.25) is 0 Å². The summed E-state index contributed by atoms with van der Waals surface area (Å²) in [5, 5.41) is 8.63. The molecule has 0 saturated heterocycles. The number of benzene rings is 1. The topological polar surface area (TPSA) is 61.0 Å². The molecule has 0 N–H and O–H groups in total. The van der Waals surface area contributed by atoms with Crippen molar-refractivity contribution < 1.29 is 9.15 Å². The highest BCUT2D eigenvalue weighted by Crippen LogP contribution is 2.21. The zero-order valence-electron chi connectivity index (χ0n) is 13.0. The molecule has 0 saturated carbocycles. The SMILES string of the molecule is Cc1ccc(OCc2nnc(SCCc3scnc3C)o2)cc1. The summed E-state index contributed by atoms with van der Waals surface area (Å²) in [4.78, 5) is 5.55. The van der Waals surface area contributed by atoms with E-state index in [4.69, 9.17) is 9.15 Å². The smallest absolute Gasteiger partial charge is 0.276 e. The summed E-state index contributed by atoms with van der Waals surface area (Å²) in [6, 6.07) is 7.87. The zero-order valence-corrected chi connectivity index (χ0v) is 14.6. The Morgan fingerprint density at radius 3 is 2.74 bits per heavy atom. The lowest BCUT2D eigenvalue weighted by atomic mass is 10.2. The molecule has 0 amide bonds. The number of hydrogen-bond donors (Lipinski definition) is 0. The number of nitrogens with zero attached hydrogens (tertiary/aromatic N) is 3. The van der Waals surface area contributed by atoms with E-state index < -0.39 is 0 Å². The first-order chi connectivity index (χ1) is 11.2. The van der Waals surface area contributed by atoms with Crippen LogP contribution < -0.4 is 4.74 Å². The van der Waals surface area contributed by atoms with Gasteiger partial charge < -0.3 is 9.15 Å². The summed E-state index contributed by atoms with van der Waals surface area (Å²) in [6.45, 7) is 4.35. The zero-order chi connectivity index (χ0) is 16.1. The highest BCUT2D eigenvalue weighted by Gasteiger charge is 2.08. The number of thioether (sulfide) groups is 1. The van der Waals surface area contributed by atoms with Crippen LogP contribution in [0.25, 0.3) is 0 Å². The fraction of sp³-hybridized carbons (Fsp3) is 0.312. The van der Waals surface area contributed by atoms with Crippen molar-refractivity contribution in [1.82, 2.24) is 15.2 Å². The summed E-state index contributed by atoms with van der Waals surface area (Å²) < 4.78 is 11.2. The molecule has 0 aliphatic heterocycles. The summed E-state index contributed by atoms with van der Waals surface area (Å²) in [5.41, 5.74) is 4.18. The van der Waals surface area contributed by atoms with Crippen molar-refractivity contribution in [3.05, 3.63) is 51.8 Å². The van der Waals surface area contributed by atoms with E-state index in [1.165, 1.54) is 10.4 Å². The first-order valence-corrected chi connectivity index (χ1v) is 9.11. The van der Waals surface area contributed by atoms with E-state index in [1.54, 1.807) is 23.1 Å². The molecule has 5 nitrogen and oxygen atoms in total. The molecule has 0 bridgehead atoms. The van der Waals surface area contributed by atoms with Gasteiger partial charge in [0, 0.05) is 10.6 Å². The third kappa shape index (κ3) is 4.56. The van der Waals surface area contributed by atoms with E-state index in [1.807, 2.05) is 43.6 Å². The van der Waals surface area contributed by atoms with Gasteiger partial charge in [-0.15, -0.1) is 21.5 Å². The summed E-state index contributed by atoms with van der Waals surface area (Å²) in [5.74, 6) is 2.18. The Hall–Kier alpha value is -1.86. The minimum absolute atomic E-state index is 0.282. The van der Waals surface area contributed by atoms with Crippen LogP contribution in [0.15, 0.2) is 39.4 Å². The third-order valence-electron chi connectivity index (χ3n) is 3.23. The second kappa shape index (κ2) is 7.61. The Labute approximate surface area is 143 Å². The molecule has 0 radical (unpaired) electrons. The van der Waals surface area contributed by atoms with E-state index in [2.05, 4.69) is 15.2 Å². The number of aromatic nitrogens is 3. The van der Waals surface area contributed by atoms with Crippen molar-refractivity contribution in [3.8, 4) is 5.75 Å². The molecule has 23 heavy (non-hydrogen) atoms. The molecular formula is C16H17N3O2S2. The number of rotatable bonds is 7. The van der Waals surface area contributed by atoms with Crippen molar-refractivity contribution in [2.75, 3.05) is 5.75 Å². The van der Waals surface area contributed by atoms with Gasteiger partial charge in [-0.25, -0.2) is 4.98 Å². The van der Waals surface area contributed by atoms with Gasteiger partial charge in [0.2, 0.25) is 0 Å². The van der Waals surface area contributed by atoms with Crippen LogP contribution >= 0.6 is 23.1 Å². The number of thiazole rings is 1. The lowest BCUT2D eigenvalue weighted by Crippen LogP contribution is -1.95. The Balaban J connectivity index is 1.46. The van der Waals surface area contributed by atoms with Crippen LogP contribution in [0.1, 0.15) is 22.0 Å². The summed E-state index contributed by atoms with van der Waals surface area (Å²) in [6.07, 6.45) is 0.957. The number of hydrogen-bond acceptors (Lipinski definition) is 7. The van der Waals surface area contributed by atoms with Gasteiger partial charge in [-0.2, -0.15) is 0 Å². The van der Waals surface area contributed by atoms with Crippen molar-refractivity contribution >= 4 is 23.1 Å². The first kappa shape index (κ1) is 16.0. The number of ether oxygens (including phenoxy) is 1. The van der Waals surface area contributed by atoms with E-state index >= 15 is 0 Å². The molecule has 0 fully saturated rings. The fourth-order valence-corrected chi connectivity index (χ4v) is 3.58. The van der Waals surface area contributed by atoms with Gasteiger partial charge >= 0.3 is 0 Å². The second-order valence-corrected chi connectivity index (χ2v) is 7.01. The highest BCUT2D eigenvalue weighted by molar-refractivity contribution is 7.99. The van der Waals surface area contributed by atoms with Crippen LogP contribution in [0.2, 0.25) is 0 Å². The van der Waals surface area contributed by atoms with Crippen molar-refractivity contribution in [3.63, 3.8) is 0 Å². The van der Waals surface area contributed by atoms with Gasteiger partial charge in [-0.05, 0) is 32.4 Å². The second-order valence-electron chi connectivity index (χ2n) is 5.02. The van der Waals surface area contributed by atoms with Crippen molar-refractivity contribution in [2.45, 2.75) is 32.1 Å². The average molecular weight is 347 g/mol. The maximum absolute atomic E-state index is 5.63. The van der Waals surface area contributed by atoms with Gasteiger partial charge in [0.25, 0.3) is 11.1 Å². The molecule has 2 aromatic heterocycles. The molecule has 0 aliphatic rings. The predicted octanol–water partition coefficient (Wildman–Crippen LogP) is 4.06. The normalized spacial score (nSPS) is 10.9. The molecule has 0 atom stereocenters. The van der Waals surface area contributed by atoms with Crippen molar-refractivity contribution in [2.24, 2.45) is 0 Å². The molecule has 3 rings (SSSR count). The number of aryl methyl sites for hydroxylation is 3. The molecule has 3 aromatic rings. The first-order valence-electron chi connectivity index (χ1n) is 7.24. The van der Waals surface area contributed by atoms with Crippen LogP contribution in [0.5, 0.6) is 5.75 Å². The Morgan fingerprint density at radius 2 is 2.00 bits per heavy atom. The fourth-order valence-electron chi connectivity index (χ4n) is 1.93. The standard InChI is InChI=1S/C16H17N3O2S2/c1-11-3-5-13(6-4-11)20-9-15-18-19-16(21-15)22-8-7-14-12(2)17-10-23-14/h3-6,10H,7-9H2,1-2H3. The predicted molar refractivity (Wildman–Crippen MR) is 91.1 cm³/mol. The minimum atomic E-state index is 0.282. The van der Waals surface area contributed by atoms with Crippen LogP contribution in [0.3, 0.4) is 0 Å². The molecular weight excluding hydrogens is 330 g/mol. The lowest BCUT2D eigenvalue weighted by molar-refractivity contribution is 0.252. The van der Waals surface area contributed by atoms with Crippen LogP contribution in [-0.4, -0.2) is 20.9 Å². The quantitative estimate of drug-likeness (QED) is 0.601. The van der Waals surface area contributed by atoms with Crippen LogP contribution in [0, 0.1) is 13.8 Å². The van der Waals surface area contributed by atoms with Crippen molar-refractivity contribution in [1.29, 1.82) is 0 Å². The van der Waals surface area contributed by atoms with E-state index in [0.29, 0.717) is 11.1 Å². The largest absolute Gasteiger partial charge is 0.484 e. The van der Waals surface area contributed by atoms with Crippen LogP contribution in [0.4, 0.5) is 0 Å². The van der Waals surface area contributed by atoms with Gasteiger partial charge in [0.15, 0.2) is 6.61 Å². The molecule has 120 valence electrons. The van der Waals surface area contributed by atoms with E-state index in [-0.39, 0.29) is 6.61 Å². The lowest BCUT2D eigenvalue weighted by Gasteiger charge is -2.02. The summed E-state index contributed by atoms with van der Waals surface area (Å²) >= 11 is 3.24. The van der Waals surface area contributed by atoms with E-state index in [9.17, 15) is 0 Å². The minimum Gasteiger partial charge on any atom is -0.484 e. The van der Waals surface area contributed by atoms with E-state index in [0.717, 1.165) is 23.6 Å². The average Bonchev–Trinajstić information content (AvgIpc) is 3.17. The summed E-state index contributed by atoms with van der Waals surface area (Å²) in [7, 11) is 0. The Bertz CT molecular complexity index is 753. The molecule has 0 spiro atoms. The molecule has 2 heterocycles. The highest BCUT2D eigenvalue weighted by atomic mass is 32.2. The van der Waals surface area contributed by atoms with Gasteiger partial charge in [-0.1, -0.05) is 29.5 Å².